The maximum Gasteiger partial charge on any atom is 0.126 e. The van der Waals surface area contributed by atoms with E-state index >= 15 is 0 Å². The van der Waals surface area contributed by atoms with Gasteiger partial charge in [0.15, 0.2) is 0 Å². The van der Waals surface area contributed by atoms with Crippen LogP contribution in [0.4, 0.5) is 0 Å². The fraction of sp³-hybridized carbons (Fsp3) is 0.462. The monoisotopic (exact) mass is 206 g/mol. The van der Waals surface area contributed by atoms with Crippen LogP contribution in [-0.4, -0.2) is 5.84 Å². The number of hydrogen-bond donors (Lipinski definition) is 1. The lowest BCUT2D eigenvalue weighted by atomic mass is 9.96. The Morgan fingerprint density at radius 1 is 1.27 bits per heavy atom. The van der Waals surface area contributed by atoms with Gasteiger partial charge in [-0.3, -0.25) is 0 Å². The molecule has 2 N–H and O–H groups in total. The van der Waals surface area contributed by atoms with Crippen molar-refractivity contribution in [1.29, 1.82) is 0 Å². The van der Waals surface area contributed by atoms with Gasteiger partial charge in [-0.2, -0.15) is 0 Å². The highest BCUT2D eigenvalue weighted by atomic mass is 14.8. The molecule has 1 atom stereocenters. The summed E-state index contributed by atoms with van der Waals surface area (Å²) in [5.41, 5.74) is 7.01. The Morgan fingerprint density at radius 2 is 1.93 bits per heavy atom. The molecule has 0 aromatic heterocycles. The first-order valence-corrected chi connectivity index (χ1v) is 5.39. The van der Waals surface area contributed by atoms with Gasteiger partial charge in [0.25, 0.3) is 0 Å². The second kappa shape index (κ2) is 8.04. The number of amidine groups is 1. The molecule has 0 rings (SSSR count). The number of nitrogens with two attached hydrogens (primary N) is 1. The zero-order valence-corrected chi connectivity index (χ0v) is 10.2. The lowest BCUT2D eigenvalue weighted by Crippen LogP contribution is -2.19. The maximum absolute atomic E-state index is 5.89. The molecule has 0 heterocycles. The molecule has 0 saturated heterocycles. The van der Waals surface area contributed by atoms with Gasteiger partial charge < -0.3 is 5.73 Å². The SMILES string of the molecule is C\C=C(/C(N)=N/C=C/C)C(C)C/C=C/C. The Kier molecular flexibility index (Phi) is 7.33. The summed E-state index contributed by atoms with van der Waals surface area (Å²) in [7, 11) is 0. The molecule has 1 unspecified atom stereocenters. The number of hydrogen-bond acceptors (Lipinski definition) is 1. The molecule has 0 saturated carbocycles. The van der Waals surface area contributed by atoms with E-state index in [1.54, 1.807) is 6.20 Å². The molecule has 0 spiro atoms. The molecule has 0 aliphatic rings. The molecule has 15 heavy (non-hydrogen) atoms. The Bertz CT molecular complexity index is 283. The molecule has 0 aromatic rings. The van der Waals surface area contributed by atoms with Crippen LogP contribution < -0.4 is 5.73 Å². The molecule has 0 aliphatic heterocycles. The molecule has 2 heteroatoms. The van der Waals surface area contributed by atoms with Crippen LogP contribution >= 0.6 is 0 Å². The van der Waals surface area contributed by atoms with E-state index in [1.807, 2.05) is 32.9 Å². The highest BCUT2D eigenvalue weighted by molar-refractivity contribution is 5.97. The highest BCUT2D eigenvalue weighted by Crippen LogP contribution is 2.15. The van der Waals surface area contributed by atoms with Gasteiger partial charge >= 0.3 is 0 Å². The summed E-state index contributed by atoms with van der Waals surface area (Å²) in [6.45, 7) is 8.11. The van der Waals surface area contributed by atoms with Crippen LogP contribution in [0.2, 0.25) is 0 Å². The van der Waals surface area contributed by atoms with Crippen molar-refractivity contribution in [2.75, 3.05) is 0 Å². The van der Waals surface area contributed by atoms with Gasteiger partial charge in [-0.25, -0.2) is 4.99 Å². The molecule has 84 valence electrons. The van der Waals surface area contributed by atoms with E-state index in [0.717, 1.165) is 12.0 Å². The Morgan fingerprint density at radius 3 is 2.40 bits per heavy atom. The normalized spacial score (nSPS) is 16.5. The van der Waals surface area contributed by atoms with Gasteiger partial charge in [0.2, 0.25) is 0 Å². The molecular formula is C13H22N2. The zero-order valence-electron chi connectivity index (χ0n) is 10.2. The minimum absolute atomic E-state index is 0.417. The van der Waals surface area contributed by atoms with E-state index < -0.39 is 0 Å². The van der Waals surface area contributed by atoms with Gasteiger partial charge in [-0.05, 0) is 38.7 Å². The van der Waals surface area contributed by atoms with Crippen LogP contribution in [0.5, 0.6) is 0 Å². The van der Waals surface area contributed by atoms with Crippen molar-refractivity contribution in [2.24, 2.45) is 16.6 Å². The van der Waals surface area contributed by atoms with Gasteiger partial charge in [0.1, 0.15) is 5.84 Å². The summed E-state index contributed by atoms with van der Waals surface area (Å²) < 4.78 is 0. The molecule has 0 amide bonds. The lowest BCUT2D eigenvalue weighted by molar-refractivity contribution is 0.718. The zero-order chi connectivity index (χ0) is 11.7. The first-order valence-electron chi connectivity index (χ1n) is 5.39. The minimum Gasteiger partial charge on any atom is -0.383 e. The summed E-state index contributed by atoms with van der Waals surface area (Å²) in [6.07, 6.45) is 10.8. The predicted octanol–water partition coefficient (Wildman–Crippen LogP) is 3.43. The van der Waals surface area contributed by atoms with Crippen molar-refractivity contribution in [1.82, 2.24) is 0 Å². The smallest absolute Gasteiger partial charge is 0.126 e. The highest BCUT2D eigenvalue weighted by Gasteiger charge is 2.09. The van der Waals surface area contributed by atoms with E-state index in [4.69, 9.17) is 5.73 Å². The third-order valence-electron chi connectivity index (χ3n) is 2.23. The average Bonchev–Trinajstić information content (AvgIpc) is 2.24. The Labute approximate surface area is 93.3 Å². The summed E-state index contributed by atoms with van der Waals surface area (Å²) in [5.74, 6) is 1.04. The fourth-order valence-corrected chi connectivity index (χ4v) is 1.38. The van der Waals surface area contributed by atoms with Gasteiger partial charge in [-0.1, -0.05) is 31.2 Å². The number of nitrogens with zero attached hydrogens (tertiary/aromatic N) is 1. The average molecular weight is 206 g/mol. The first kappa shape index (κ1) is 13.7. The molecule has 0 radical (unpaired) electrons. The third-order valence-corrected chi connectivity index (χ3v) is 2.23. The summed E-state index contributed by atoms with van der Waals surface area (Å²) in [5, 5.41) is 0. The van der Waals surface area contributed by atoms with E-state index in [-0.39, 0.29) is 0 Å². The molecule has 0 bridgehead atoms. The van der Waals surface area contributed by atoms with Gasteiger partial charge in [0, 0.05) is 6.20 Å². The second-order valence-corrected chi connectivity index (χ2v) is 3.45. The van der Waals surface area contributed by atoms with E-state index in [2.05, 4.69) is 24.1 Å². The van der Waals surface area contributed by atoms with Crippen molar-refractivity contribution in [3.8, 4) is 0 Å². The number of allylic oxidation sites excluding steroid dienone is 4. The largest absolute Gasteiger partial charge is 0.383 e. The van der Waals surface area contributed by atoms with Crippen LogP contribution in [0, 0.1) is 5.92 Å². The fourth-order valence-electron chi connectivity index (χ4n) is 1.38. The third kappa shape index (κ3) is 5.21. The van der Waals surface area contributed by atoms with Crippen molar-refractivity contribution < 1.29 is 0 Å². The lowest BCUT2D eigenvalue weighted by Gasteiger charge is -2.12. The van der Waals surface area contributed by atoms with Gasteiger partial charge in [0.05, 0.1) is 0 Å². The number of rotatable bonds is 5. The van der Waals surface area contributed by atoms with Crippen LogP contribution in [0.1, 0.15) is 34.1 Å². The predicted molar refractivity (Wildman–Crippen MR) is 68.8 cm³/mol. The Hall–Kier alpha value is -1.31. The standard InChI is InChI=1S/C13H22N2/c1-5-8-9-11(4)12(7-3)13(14)15-10-6-2/h5-8,10-11H,9H2,1-4H3,(H2,14,15)/b8-5+,10-6+,12-7-. The molecule has 0 aromatic carbocycles. The summed E-state index contributed by atoms with van der Waals surface area (Å²) >= 11 is 0. The minimum atomic E-state index is 0.417. The first-order chi connectivity index (χ1) is 7.17. The maximum atomic E-state index is 5.89. The van der Waals surface area contributed by atoms with E-state index in [0.29, 0.717) is 11.8 Å². The molecule has 2 nitrogen and oxygen atoms in total. The van der Waals surface area contributed by atoms with E-state index in [9.17, 15) is 0 Å². The van der Waals surface area contributed by atoms with Crippen LogP contribution in [-0.2, 0) is 0 Å². The van der Waals surface area contributed by atoms with Crippen molar-refractivity contribution >= 4 is 5.84 Å². The van der Waals surface area contributed by atoms with Crippen molar-refractivity contribution in [3.05, 3.63) is 36.1 Å². The van der Waals surface area contributed by atoms with E-state index in [1.165, 1.54) is 0 Å². The molecule has 0 fully saturated rings. The molecular weight excluding hydrogens is 184 g/mol. The number of aliphatic imine (C=N–C) groups is 1. The topological polar surface area (TPSA) is 38.4 Å². The van der Waals surface area contributed by atoms with Crippen molar-refractivity contribution in [3.63, 3.8) is 0 Å². The Balaban J connectivity index is 4.62. The van der Waals surface area contributed by atoms with Gasteiger partial charge in [-0.15, -0.1) is 0 Å². The van der Waals surface area contributed by atoms with Crippen LogP contribution in [0.3, 0.4) is 0 Å². The summed E-state index contributed by atoms with van der Waals surface area (Å²) in [4.78, 5) is 4.16. The quantitative estimate of drug-likeness (QED) is 0.418. The van der Waals surface area contributed by atoms with Crippen molar-refractivity contribution in [2.45, 2.75) is 34.1 Å². The molecule has 0 aliphatic carbocycles. The van der Waals surface area contributed by atoms with Crippen LogP contribution in [0.25, 0.3) is 0 Å². The van der Waals surface area contributed by atoms with Crippen LogP contribution in [0.15, 0.2) is 41.1 Å². The second-order valence-electron chi connectivity index (χ2n) is 3.45. The summed E-state index contributed by atoms with van der Waals surface area (Å²) in [6, 6.07) is 0.